The predicted octanol–water partition coefficient (Wildman–Crippen LogP) is 7.22. The van der Waals surface area contributed by atoms with E-state index in [4.69, 9.17) is 32.7 Å². The third-order valence-corrected chi connectivity index (χ3v) is 6.02. The van der Waals surface area contributed by atoms with Crippen LogP contribution in [-0.4, -0.2) is 23.1 Å². The number of benzene rings is 4. The highest BCUT2D eigenvalue weighted by atomic mass is 35.5. The molecule has 0 amide bonds. The number of carbonyl (C=O) groups is 3. The Bertz CT molecular complexity index is 1420. The summed E-state index contributed by atoms with van der Waals surface area (Å²) in [5.74, 6) is -0.265. The number of carbonyl (C=O) groups excluding carboxylic acids is 3. The average molecular weight is 533 g/mol. The molecular formula is C30H22Cl2O5. The molecule has 0 saturated heterocycles. The fourth-order valence-corrected chi connectivity index (χ4v) is 3.70. The smallest absolute Gasteiger partial charge is 0.355 e. The molecule has 5 nitrogen and oxygen atoms in total. The summed E-state index contributed by atoms with van der Waals surface area (Å²) in [6, 6.07) is 26.0. The first-order valence-electron chi connectivity index (χ1n) is 11.3. The first-order valence-corrected chi connectivity index (χ1v) is 12.1. The summed E-state index contributed by atoms with van der Waals surface area (Å²) in [7, 11) is 0. The molecular weight excluding hydrogens is 511 g/mol. The molecule has 37 heavy (non-hydrogen) atoms. The van der Waals surface area contributed by atoms with Crippen molar-refractivity contribution in [1.82, 2.24) is 0 Å². The minimum atomic E-state index is -1.32. The summed E-state index contributed by atoms with van der Waals surface area (Å²) in [5.41, 5.74) is 0.626. The summed E-state index contributed by atoms with van der Waals surface area (Å²) >= 11 is 11.8. The zero-order valence-corrected chi connectivity index (χ0v) is 21.5. The molecule has 0 unspecified atom stereocenters. The maximum absolute atomic E-state index is 12.8. The van der Waals surface area contributed by atoms with E-state index < -0.39 is 11.6 Å². The average Bonchev–Trinajstić information content (AvgIpc) is 2.89. The van der Waals surface area contributed by atoms with Crippen LogP contribution in [0.25, 0.3) is 0 Å². The largest absolute Gasteiger partial charge is 0.476 e. The van der Waals surface area contributed by atoms with Crippen LogP contribution in [0.5, 0.6) is 11.5 Å². The van der Waals surface area contributed by atoms with Crippen molar-refractivity contribution >= 4 is 40.7 Å². The van der Waals surface area contributed by atoms with Crippen LogP contribution < -0.4 is 9.47 Å². The second kappa shape index (κ2) is 11.0. The van der Waals surface area contributed by atoms with E-state index in [9.17, 15) is 14.4 Å². The molecule has 4 aromatic carbocycles. The maximum atomic E-state index is 12.8. The highest BCUT2D eigenvalue weighted by Crippen LogP contribution is 2.24. The molecule has 0 N–H and O–H groups in total. The lowest BCUT2D eigenvalue weighted by Crippen LogP contribution is -2.41. The number of esters is 1. The quantitative estimate of drug-likeness (QED) is 0.136. The first kappa shape index (κ1) is 26.1. The minimum absolute atomic E-state index is 0.153. The highest BCUT2D eigenvalue weighted by molar-refractivity contribution is 6.31. The number of halogens is 2. The van der Waals surface area contributed by atoms with Gasteiger partial charge in [0.05, 0.1) is 0 Å². The van der Waals surface area contributed by atoms with Crippen molar-refractivity contribution in [3.05, 3.63) is 129 Å². The van der Waals surface area contributed by atoms with E-state index in [0.717, 1.165) is 0 Å². The van der Waals surface area contributed by atoms with Gasteiger partial charge in [-0.15, -0.1) is 0 Å². The summed E-state index contributed by atoms with van der Waals surface area (Å²) < 4.78 is 11.3. The van der Waals surface area contributed by atoms with Gasteiger partial charge >= 0.3 is 5.97 Å². The van der Waals surface area contributed by atoms with E-state index in [1.54, 1.807) is 111 Å². The Morgan fingerprint density at radius 1 is 0.541 bits per heavy atom. The zero-order chi connectivity index (χ0) is 26.6. The molecule has 186 valence electrons. The molecule has 7 heteroatoms. The van der Waals surface area contributed by atoms with Crippen molar-refractivity contribution in [2.45, 2.75) is 19.4 Å². The normalized spacial score (nSPS) is 11.0. The van der Waals surface area contributed by atoms with E-state index in [2.05, 4.69) is 0 Å². The molecule has 0 bridgehead atoms. The topological polar surface area (TPSA) is 69.7 Å². The molecule has 0 radical (unpaired) electrons. The Morgan fingerprint density at radius 3 is 1.24 bits per heavy atom. The lowest BCUT2D eigenvalue weighted by Gasteiger charge is -2.24. The van der Waals surface area contributed by atoms with E-state index in [1.165, 1.54) is 0 Å². The number of hydrogen-bond donors (Lipinski definition) is 0. The van der Waals surface area contributed by atoms with Crippen molar-refractivity contribution in [3.8, 4) is 11.5 Å². The molecule has 0 spiro atoms. The summed E-state index contributed by atoms with van der Waals surface area (Å²) in [5, 5.41) is 1.10. The number of hydrogen-bond acceptors (Lipinski definition) is 5. The standard InChI is InChI=1S/C30H22Cl2O5/c1-30(2,37-26-17-9-22(10-18-26)28(34)20-5-13-24(32)14-6-20)29(35)36-25-15-7-21(8-16-25)27(33)19-3-11-23(31)12-4-19/h3-18H,1-2H3. The molecule has 0 aliphatic rings. The third-order valence-electron chi connectivity index (χ3n) is 5.52. The summed E-state index contributed by atoms with van der Waals surface area (Å²) in [6.07, 6.45) is 0. The molecule has 0 aromatic heterocycles. The van der Waals surface area contributed by atoms with Crippen LogP contribution in [-0.2, 0) is 4.79 Å². The number of ether oxygens (including phenoxy) is 2. The lowest BCUT2D eigenvalue weighted by molar-refractivity contribution is -0.149. The SMILES string of the molecule is CC(C)(Oc1ccc(C(=O)c2ccc(Cl)cc2)cc1)C(=O)Oc1ccc(C(=O)c2ccc(Cl)cc2)cc1. The molecule has 4 rings (SSSR count). The first-order chi connectivity index (χ1) is 17.6. The van der Waals surface area contributed by atoms with Gasteiger partial charge in [-0.05, 0) is 111 Å². The fourth-order valence-electron chi connectivity index (χ4n) is 3.45. The van der Waals surface area contributed by atoms with Crippen molar-refractivity contribution in [2.24, 2.45) is 0 Å². The molecule has 0 heterocycles. The Hall–Kier alpha value is -3.93. The van der Waals surface area contributed by atoms with Gasteiger partial charge in [0, 0.05) is 32.3 Å². The molecule has 4 aromatic rings. The summed E-state index contributed by atoms with van der Waals surface area (Å²) in [6.45, 7) is 3.17. The maximum Gasteiger partial charge on any atom is 0.355 e. The van der Waals surface area contributed by atoms with E-state index in [1.807, 2.05) is 0 Å². The molecule has 0 saturated carbocycles. The van der Waals surface area contributed by atoms with Crippen molar-refractivity contribution < 1.29 is 23.9 Å². The van der Waals surface area contributed by atoms with Crippen molar-refractivity contribution in [3.63, 3.8) is 0 Å². The van der Waals surface area contributed by atoms with Crippen LogP contribution in [0.15, 0.2) is 97.1 Å². The van der Waals surface area contributed by atoms with Crippen LogP contribution in [0.3, 0.4) is 0 Å². The van der Waals surface area contributed by atoms with Gasteiger partial charge in [0.2, 0.25) is 5.60 Å². The van der Waals surface area contributed by atoms with Crippen LogP contribution in [0.4, 0.5) is 0 Å². The second-order valence-corrected chi connectivity index (χ2v) is 9.60. The predicted molar refractivity (Wildman–Crippen MR) is 143 cm³/mol. The van der Waals surface area contributed by atoms with Gasteiger partial charge in [-0.1, -0.05) is 23.2 Å². The van der Waals surface area contributed by atoms with Gasteiger partial charge in [0.15, 0.2) is 11.6 Å². The van der Waals surface area contributed by atoms with E-state index in [-0.39, 0.29) is 17.3 Å². The van der Waals surface area contributed by atoms with Gasteiger partial charge in [-0.2, -0.15) is 0 Å². The van der Waals surface area contributed by atoms with Crippen LogP contribution in [0.1, 0.15) is 45.7 Å². The summed E-state index contributed by atoms with van der Waals surface area (Å²) in [4.78, 5) is 38.1. The van der Waals surface area contributed by atoms with Gasteiger partial charge in [-0.25, -0.2) is 4.79 Å². The number of ketones is 2. The van der Waals surface area contributed by atoms with Gasteiger partial charge < -0.3 is 9.47 Å². The highest BCUT2D eigenvalue weighted by Gasteiger charge is 2.32. The van der Waals surface area contributed by atoms with E-state index >= 15 is 0 Å². The monoisotopic (exact) mass is 532 g/mol. The van der Waals surface area contributed by atoms with Crippen LogP contribution in [0, 0.1) is 0 Å². The minimum Gasteiger partial charge on any atom is -0.476 e. The molecule has 0 atom stereocenters. The van der Waals surface area contributed by atoms with Crippen LogP contribution >= 0.6 is 23.2 Å². The van der Waals surface area contributed by atoms with Gasteiger partial charge in [0.25, 0.3) is 0 Å². The Balaban J connectivity index is 1.38. The van der Waals surface area contributed by atoms with Crippen molar-refractivity contribution in [2.75, 3.05) is 0 Å². The molecule has 0 aliphatic carbocycles. The Morgan fingerprint density at radius 2 is 0.865 bits per heavy atom. The third kappa shape index (κ3) is 6.45. The molecule has 0 fully saturated rings. The van der Waals surface area contributed by atoms with Crippen LogP contribution in [0.2, 0.25) is 10.0 Å². The Labute approximate surface area is 224 Å². The number of rotatable bonds is 8. The Kier molecular flexibility index (Phi) is 7.77. The van der Waals surface area contributed by atoms with Crippen molar-refractivity contribution in [1.29, 1.82) is 0 Å². The zero-order valence-electron chi connectivity index (χ0n) is 20.0. The van der Waals surface area contributed by atoms with Gasteiger partial charge in [0.1, 0.15) is 11.5 Å². The van der Waals surface area contributed by atoms with E-state index in [0.29, 0.717) is 38.0 Å². The second-order valence-electron chi connectivity index (χ2n) is 8.72. The lowest BCUT2D eigenvalue weighted by atomic mass is 10.0. The fraction of sp³-hybridized carbons (Fsp3) is 0.100. The van der Waals surface area contributed by atoms with Gasteiger partial charge in [-0.3, -0.25) is 9.59 Å². The molecule has 0 aliphatic heterocycles.